The van der Waals surface area contributed by atoms with Crippen molar-refractivity contribution in [2.45, 2.75) is 25.3 Å². The number of benzene rings is 2. The van der Waals surface area contributed by atoms with Crippen molar-refractivity contribution in [2.24, 2.45) is 0 Å². The van der Waals surface area contributed by atoms with Crippen LogP contribution >= 0.6 is 0 Å². The third kappa shape index (κ3) is 5.52. The quantitative estimate of drug-likeness (QED) is 0.257. The monoisotopic (exact) mass is 448 g/mol. The maximum absolute atomic E-state index is 13.1. The first-order valence-electron chi connectivity index (χ1n) is 11.2. The van der Waals surface area contributed by atoms with Crippen LogP contribution < -0.4 is 4.74 Å². The lowest BCUT2D eigenvalue weighted by Gasteiger charge is -2.30. The standard InChI is InChI=1S/C27H32N2O4/c1-5-18-33-22-14-12-21(13-15-22)25(30)23-24(19(2)20-10-7-6-8-11-20)29(27(32)26(23)31)17-9-16-28(3)4/h5-8,10-15,19,24,30H,1,9,16-18H2,2-4H3/b25-23+. The number of aliphatic hydroxyl groups is 1. The van der Waals surface area contributed by atoms with Crippen LogP contribution in [0.2, 0.25) is 0 Å². The van der Waals surface area contributed by atoms with Crippen molar-refractivity contribution in [3.8, 4) is 5.75 Å². The number of Topliss-reactive ketones (excluding diaryl/α,β-unsaturated/α-hetero) is 1. The molecule has 0 saturated carbocycles. The van der Waals surface area contributed by atoms with Gasteiger partial charge in [-0.15, -0.1) is 0 Å². The van der Waals surface area contributed by atoms with E-state index < -0.39 is 17.7 Å². The molecule has 6 heteroatoms. The Labute approximate surface area is 195 Å². The van der Waals surface area contributed by atoms with Crippen LogP contribution in [0, 0.1) is 0 Å². The van der Waals surface area contributed by atoms with Gasteiger partial charge in [0.15, 0.2) is 0 Å². The van der Waals surface area contributed by atoms with E-state index in [1.165, 1.54) is 0 Å². The zero-order chi connectivity index (χ0) is 24.0. The molecule has 3 rings (SSSR count). The Morgan fingerprint density at radius 2 is 1.82 bits per heavy atom. The van der Waals surface area contributed by atoms with E-state index in [0.29, 0.717) is 24.5 Å². The van der Waals surface area contributed by atoms with E-state index in [2.05, 4.69) is 6.58 Å². The molecule has 1 fully saturated rings. The Balaban J connectivity index is 2.01. The second-order valence-corrected chi connectivity index (χ2v) is 8.52. The average Bonchev–Trinajstić information content (AvgIpc) is 3.07. The number of amides is 1. The molecule has 0 spiro atoms. The van der Waals surface area contributed by atoms with E-state index in [0.717, 1.165) is 18.5 Å². The molecule has 1 aliphatic rings. The van der Waals surface area contributed by atoms with Gasteiger partial charge in [-0.05, 0) is 56.9 Å². The molecule has 0 aliphatic carbocycles. The third-order valence-electron chi connectivity index (χ3n) is 5.89. The Bertz CT molecular complexity index is 1010. The molecule has 0 aromatic heterocycles. The van der Waals surface area contributed by atoms with Gasteiger partial charge in [0.2, 0.25) is 0 Å². The lowest BCUT2D eigenvalue weighted by molar-refractivity contribution is -0.140. The largest absolute Gasteiger partial charge is 0.507 e. The Morgan fingerprint density at radius 1 is 1.15 bits per heavy atom. The van der Waals surface area contributed by atoms with Crippen molar-refractivity contribution in [3.63, 3.8) is 0 Å². The van der Waals surface area contributed by atoms with Crippen molar-refractivity contribution < 1.29 is 19.4 Å². The van der Waals surface area contributed by atoms with Gasteiger partial charge in [-0.2, -0.15) is 0 Å². The number of carbonyl (C=O) groups is 2. The number of aliphatic hydroxyl groups excluding tert-OH is 1. The van der Waals surface area contributed by atoms with E-state index in [1.54, 1.807) is 35.2 Å². The maximum Gasteiger partial charge on any atom is 0.295 e. The minimum absolute atomic E-state index is 0.154. The summed E-state index contributed by atoms with van der Waals surface area (Å²) in [6.45, 7) is 7.22. The first-order chi connectivity index (χ1) is 15.8. The normalized spacial score (nSPS) is 18.5. The number of ketones is 1. The fourth-order valence-corrected chi connectivity index (χ4v) is 4.19. The van der Waals surface area contributed by atoms with E-state index >= 15 is 0 Å². The number of rotatable bonds is 10. The second-order valence-electron chi connectivity index (χ2n) is 8.52. The van der Waals surface area contributed by atoms with Crippen LogP contribution in [0.4, 0.5) is 0 Å². The predicted octanol–water partition coefficient (Wildman–Crippen LogP) is 4.06. The van der Waals surface area contributed by atoms with E-state index in [1.807, 2.05) is 56.3 Å². The van der Waals surface area contributed by atoms with E-state index in [9.17, 15) is 14.7 Å². The average molecular weight is 449 g/mol. The number of likely N-dealkylation sites (tertiary alicyclic amines) is 1. The zero-order valence-electron chi connectivity index (χ0n) is 19.5. The number of carbonyl (C=O) groups excluding carboxylic acids is 2. The third-order valence-corrected chi connectivity index (χ3v) is 5.89. The van der Waals surface area contributed by atoms with Crippen molar-refractivity contribution in [1.29, 1.82) is 0 Å². The highest BCUT2D eigenvalue weighted by Crippen LogP contribution is 2.37. The fourth-order valence-electron chi connectivity index (χ4n) is 4.19. The van der Waals surface area contributed by atoms with Crippen LogP contribution in [-0.4, -0.2) is 66.4 Å². The molecule has 174 valence electrons. The molecule has 1 N–H and O–H groups in total. The molecule has 0 bridgehead atoms. The molecule has 33 heavy (non-hydrogen) atoms. The molecule has 6 nitrogen and oxygen atoms in total. The molecule has 1 heterocycles. The Kier molecular flexibility index (Phi) is 8.06. The molecule has 1 aliphatic heterocycles. The predicted molar refractivity (Wildman–Crippen MR) is 130 cm³/mol. The van der Waals surface area contributed by atoms with E-state index in [4.69, 9.17) is 4.74 Å². The highest BCUT2D eigenvalue weighted by molar-refractivity contribution is 6.46. The van der Waals surface area contributed by atoms with Gasteiger partial charge in [-0.1, -0.05) is 49.9 Å². The molecule has 0 radical (unpaired) electrons. The summed E-state index contributed by atoms with van der Waals surface area (Å²) in [7, 11) is 3.95. The number of nitrogens with zero attached hydrogens (tertiary/aromatic N) is 2. The molecule has 2 aromatic rings. The van der Waals surface area contributed by atoms with Crippen molar-refractivity contribution in [1.82, 2.24) is 9.80 Å². The molecule has 2 unspecified atom stereocenters. The SMILES string of the molecule is C=CCOc1ccc(/C(O)=C2\C(=O)C(=O)N(CCCN(C)C)C2C(C)c2ccccc2)cc1. The van der Waals surface area contributed by atoms with Gasteiger partial charge in [0.05, 0.1) is 11.6 Å². The number of hydrogen-bond acceptors (Lipinski definition) is 5. The molecule has 2 aromatic carbocycles. The molecular formula is C27H32N2O4. The van der Waals surface area contributed by atoms with Crippen molar-refractivity contribution >= 4 is 17.4 Å². The van der Waals surface area contributed by atoms with Gasteiger partial charge >= 0.3 is 0 Å². The number of ether oxygens (including phenoxy) is 1. The molecule has 1 saturated heterocycles. The summed E-state index contributed by atoms with van der Waals surface area (Å²) in [6.07, 6.45) is 2.38. The summed E-state index contributed by atoms with van der Waals surface area (Å²) >= 11 is 0. The van der Waals surface area contributed by atoms with Gasteiger partial charge in [0.1, 0.15) is 18.1 Å². The summed E-state index contributed by atoms with van der Waals surface area (Å²) in [5.41, 5.74) is 1.62. The van der Waals surface area contributed by atoms with Gasteiger partial charge in [-0.25, -0.2) is 0 Å². The first kappa shape index (κ1) is 24.3. The lowest BCUT2D eigenvalue weighted by Crippen LogP contribution is -2.39. The van der Waals surface area contributed by atoms with Gasteiger partial charge in [0.25, 0.3) is 11.7 Å². The van der Waals surface area contributed by atoms with Crippen LogP contribution in [0.25, 0.3) is 5.76 Å². The highest BCUT2D eigenvalue weighted by Gasteiger charge is 2.47. The summed E-state index contributed by atoms with van der Waals surface area (Å²) < 4.78 is 5.50. The second kappa shape index (κ2) is 11.0. The first-order valence-corrected chi connectivity index (χ1v) is 11.2. The maximum atomic E-state index is 13.1. The van der Waals surface area contributed by atoms with Gasteiger partial charge in [-0.3, -0.25) is 9.59 Å². The molecule has 2 atom stereocenters. The van der Waals surface area contributed by atoms with Crippen LogP contribution in [0.1, 0.15) is 30.4 Å². The van der Waals surface area contributed by atoms with Crippen LogP contribution in [0.5, 0.6) is 5.75 Å². The Hall–Kier alpha value is -3.38. The summed E-state index contributed by atoms with van der Waals surface area (Å²) in [5.74, 6) is -0.907. The molecule has 1 amide bonds. The number of hydrogen-bond donors (Lipinski definition) is 1. The van der Waals surface area contributed by atoms with E-state index in [-0.39, 0.29) is 17.3 Å². The topological polar surface area (TPSA) is 70.1 Å². The van der Waals surface area contributed by atoms with Gasteiger partial charge in [0, 0.05) is 18.0 Å². The minimum Gasteiger partial charge on any atom is -0.507 e. The summed E-state index contributed by atoms with van der Waals surface area (Å²) in [4.78, 5) is 29.8. The lowest BCUT2D eigenvalue weighted by atomic mass is 9.87. The molecular weight excluding hydrogens is 416 g/mol. The highest BCUT2D eigenvalue weighted by atomic mass is 16.5. The van der Waals surface area contributed by atoms with Crippen LogP contribution in [-0.2, 0) is 9.59 Å². The zero-order valence-corrected chi connectivity index (χ0v) is 19.5. The fraction of sp³-hybridized carbons (Fsp3) is 0.333. The van der Waals surface area contributed by atoms with Crippen LogP contribution in [0.3, 0.4) is 0 Å². The Morgan fingerprint density at radius 3 is 2.42 bits per heavy atom. The van der Waals surface area contributed by atoms with Crippen molar-refractivity contribution in [3.05, 3.63) is 84.0 Å². The van der Waals surface area contributed by atoms with Gasteiger partial charge < -0.3 is 19.6 Å². The summed E-state index contributed by atoms with van der Waals surface area (Å²) in [5, 5.41) is 11.2. The smallest absolute Gasteiger partial charge is 0.295 e. The summed E-state index contributed by atoms with van der Waals surface area (Å²) in [6, 6.07) is 16.1. The van der Waals surface area contributed by atoms with Crippen LogP contribution in [0.15, 0.2) is 72.8 Å². The van der Waals surface area contributed by atoms with Crippen molar-refractivity contribution in [2.75, 3.05) is 33.8 Å². The minimum atomic E-state index is -0.642.